The zero-order valence-corrected chi connectivity index (χ0v) is 17.9. The lowest BCUT2D eigenvalue weighted by atomic mass is 9.97. The number of benzene rings is 1. The molecule has 0 radical (unpaired) electrons. The number of aromatic nitrogens is 4. The molecule has 0 bridgehead atoms. The number of rotatable bonds is 5. The number of nitrogens with one attached hydrogen (secondary N) is 1. The Morgan fingerprint density at radius 1 is 1.23 bits per heavy atom. The summed E-state index contributed by atoms with van der Waals surface area (Å²) in [4.78, 5) is 17.9. The first-order valence-electron chi connectivity index (χ1n) is 10.0. The smallest absolute Gasteiger partial charge is 0.259 e. The molecule has 4 aromatic rings. The predicted octanol–water partition coefficient (Wildman–Crippen LogP) is 4.43. The van der Waals surface area contributed by atoms with E-state index in [-0.39, 0.29) is 11.9 Å². The van der Waals surface area contributed by atoms with Crippen LogP contribution in [-0.4, -0.2) is 25.8 Å². The minimum atomic E-state index is -0.175. The predicted molar refractivity (Wildman–Crippen MR) is 115 cm³/mol. The topological polar surface area (TPSA) is 85.8 Å². The Kier molecular flexibility index (Phi) is 5.11. The van der Waals surface area contributed by atoms with Crippen LogP contribution in [0.3, 0.4) is 0 Å². The van der Waals surface area contributed by atoms with Crippen molar-refractivity contribution in [3.63, 3.8) is 0 Å². The third-order valence-corrected chi connectivity index (χ3v) is 5.38. The first kappa shape index (κ1) is 19.8. The molecule has 30 heavy (non-hydrogen) atoms. The molecule has 1 amide bonds. The van der Waals surface area contributed by atoms with Crippen molar-refractivity contribution < 1.29 is 9.32 Å². The van der Waals surface area contributed by atoms with Crippen LogP contribution in [-0.2, 0) is 7.05 Å². The van der Waals surface area contributed by atoms with Crippen LogP contribution in [0.25, 0.3) is 22.4 Å². The van der Waals surface area contributed by atoms with E-state index in [4.69, 9.17) is 4.52 Å². The van der Waals surface area contributed by atoms with E-state index < -0.39 is 0 Å². The van der Waals surface area contributed by atoms with E-state index in [1.807, 2.05) is 20.2 Å². The number of carbonyl (C=O) groups is 1. The molecule has 4 rings (SSSR count). The highest BCUT2D eigenvalue weighted by molar-refractivity contribution is 6.07. The summed E-state index contributed by atoms with van der Waals surface area (Å²) in [7, 11) is 1.84. The average Bonchev–Trinajstić information content (AvgIpc) is 3.31. The highest BCUT2D eigenvalue weighted by Crippen LogP contribution is 2.28. The second kappa shape index (κ2) is 7.74. The molecular formula is C23H25N5O2. The van der Waals surface area contributed by atoms with Gasteiger partial charge in [-0.15, -0.1) is 0 Å². The van der Waals surface area contributed by atoms with Crippen LogP contribution >= 0.6 is 0 Å². The van der Waals surface area contributed by atoms with Crippen LogP contribution in [0.2, 0.25) is 0 Å². The second-order valence-corrected chi connectivity index (χ2v) is 7.70. The third-order valence-electron chi connectivity index (χ3n) is 5.38. The van der Waals surface area contributed by atoms with E-state index in [2.05, 4.69) is 59.5 Å². The lowest BCUT2D eigenvalue weighted by Gasteiger charge is -2.20. The highest BCUT2D eigenvalue weighted by Gasteiger charge is 2.22. The molecule has 0 saturated heterocycles. The van der Waals surface area contributed by atoms with E-state index in [9.17, 15) is 4.79 Å². The number of hydrogen-bond acceptors (Lipinski definition) is 5. The van der Waals surface area contributed by atoms with Gasteiger partial charge in [0, 0.05) is 18.8 Å². The largest absolute Gasteiger partial charge is 0.345 e. The van der Waals surface area contributed by atoms with Crippen LogP contribution in [0.4, 0.5) is 0 Å². The van der Waals surface area contributed by atoms with Gasteiger partial charge in [-0.2, -0.15) is 5.10 Å². The molecule has 1 N–H and O–H groups in total. The quantitative estimate of drug-likeness (QED) is 0.533. The third kappa shape index (κ3) is 3.58. The minimum absolute atomic E-state index is 0.0941. The van der Waals surface area contributed by atoms with Gasteiger partial charge in [0.05, 0.1) is 34.6 Å². The fourth-order valence-electron chi connectivity index (χ4n) is 3.83. The van der Waals surface area contributed by atoms with E-state index >= 15 is 0 Å². The number of aryl methyl sites for hydroxylation is 4. The molecule has 7 heteroatoms. The van der Waals surface area contributed by atoms with Crippen molar-refractivity contribution in [3.8, 4) is 11.3 Å². The van der Waals surface area contributed by atoms with Gasteiger partial charge in [-0.25, -0.2) is 4.98 Å². The monoisotopic (exact) mass is 403 g/mol. The summed E-state index contributed by atoms with van der Waals surface area (Å²) in [6.45, 7) is 8.03. The molecule has 7 nitrogen and oxygen atoms in total. The summed E-state index contributed by atoms with van der Waals surface area (Å²) in [6, 6.07) is 8.00. The number of amides is 1. The standard InChI is InChI=1S/C23H25N5O2/c1-6-19(17-8-7-13(2)9-14(17)3)25-22(29)18-10-20(16-11-24-28(5)12-16)26-23-21(18)15(4)27-30-23/h7-12,19H,6H2,1-5H3,(H,25,29)/t19-/m0/s1. The maximum Gasteiger partial charge on any atom is 0.259 e. The maximum absolute atomic E-state index is 13.4. The first-order valence-corrected chi connectivity index (χ1v) is 10.0. The van der Waals surface area contributed by atoms with Crippen molar-refractivity contribution in [1.82, 2.24) is 25.2 Å². The van der Waals surface area contributed by atoms with Gasteiger partial charge in [-0.05, 0) is 44.4 Å². The summed E-state index contributed by atoms with van der Waals surface area (Å²) >= 11 is 0. The van der Waals surface area contributed by atoms with Crippen molar-refractivity contribution in [2.75, 3.05) is 0 Å². The van der Waals surface area contributed by atoms with Crippen LogP contribution < -0.4 is 5.32 Å². The first-order chi connectivity index (χ1) is 14.4. The molecule has 0 aliphatic carbocycles. The van der Waals surface area contributed by atoms with E-state index in [0.29, 0.717) is 28.1 Å². The zero-order valence-electron chi connectivity index (χ0n) is 17.9. The van der Waals surface area contributed by atoms with Gasteiger partial charge < -0.3 is 9.84 Å². The number of fused-ring (bicyclic) bond motifs is 1. The van der Waals surface area contributed by atoms with Crippen molar-refractivity contribution in [2.24, 2.45) is 7.05 Å². The molecule has 0 fully saturated rings. The maximum atomic E-state index is 13.4. The van der Waals surface area contributed by atoms with Gasteiger partial charge in [0.1, 0.15) is 0 Å². The summed E-state index contributed by atoms with van der Waals surface area (Å²) in [5.74, 6) is -0.175. The molecule has 1 atom stereocenters. The average molecular weight is 403 g/mol. The molecular weight excluding hydrogens is 378 g/mol. The summed E-state index contributed by atoms with van der Waals surface area (Å²) < 4.78 is 7.08. The normalized spacial score (nSPS) is 12.3. The number of hydrogen-bond donors (Lipinski definition) is 1. The van der Waals surface area contributed by atoms with Gasteiger partial charge in [0.25, 0.3) is 11.6 Å². The Hall–Kier alpha value is -3.48. The molecule has 3 aromatic heterocycles. The molecule has 0 unspecified atom stereocenters. The Bertz CT molecular complexity index is 1240. The fourth-order valence-corrected chi connectivity index (χ4v) is 3.83. The van der Waals surface area contributed by atoms with Crippen LogP contribution in [0.1, 0.15) is 52.1 Å². The zero-order chi connectivity index (χ0) is 21.4. The van der Waals surface area contributed by atoms with Gasteiger partial charge in [-0.3, -0.25) is 9.48 Å². The Balaban J connectivity index is 1.75. The minimum Gasteiger partial charge on any atom is -0.345 e. The molecule has 0 spiro atoms. The fraction of sp³-hybridized carbons (Fsp3) is 0.304. The van der Waals surface area contributed by atoms with Crippen LogP contribution in [0.15, 0.2) is 41.2 Å². The molecule has 0 saturated carbocycles. The van der Waals surface area contributed by atoms with Gasteiger partial charge in [0.2, 0.25) is 0 Å². The molecule has 0 aliphatic heterocycles. The summed E-state index contributed by atoms with van der Waals surface area (Å²) in [6.07, 6.45) is 4.34. The van der Waals surface area contributed by atoms with Crippen molar-refractivity contribution in [2.45, 2.75) is 40.2 Å². The second-order valence-electron chi connectivity index (χ2n) is 7.70. The van der Waals surface area contributed by atoms with Crippen molar-refractivity contribution in [1.29, 1.82) is 0 Å². The Morgan fingerprint density at radius 3 is 2.70 bits per heavy atom. The SMILES string of the molecule is CC[C@H](NC(=O)c1cc(-c2cnn(C)c2)nc2onc(C)c12)c1ccc(C)cc1C. The number of pyridine rings is 1. The molecule has 1 aromatic carbocycles. The molecule has 0 aliphatic rings. The number of nitrogens with zero attached hydrogens (tertiary/aromatic N) is 4. The van der Waals surface area contributed by atoms with E-state index in [1.54, 1.807) is 16.9 Å². The van der Waals surface area contributed by atoms with Crippen molar-refractivity contribution >= 4 is 17.0 Å². The Labute approximate surface area is 175 Å². The summed E-state index contributed by atoms with van der Waals surface area (Å²) in [5.41, 5.74) is 6.41. The van der Waals surface area contributed by atoms with Crippen molar-refractivity contribution in [3.05, 3.63) is 64.6 Å². The van der Waals surface area contributed by atoms with Gasteiger partial charge in [0.15, 0.2) is 0 Å². The van der Waals surface area contributed by atoms with Crippen LogP contribution in [0.5, 0.6) is 0 Å². The molecule has 3 heterocycles. The van der Waals surface area contributed by atoms with E-state index in [0.717, 1.165) is 17.5 Å². The molecule has 154 valence electrons. The van der Waals surface area contributed by atoms with Gasteiger partial charge in [-0.1, -0.05) is 35.8 Å². The van der Waals surface area contributed by atoms with Gasteiger partial charge >= 0.3 is 0 Å². The Morgan fingerprint density at radius 2 is 2.03 bits per heavy atom. The highest BCUT2D eigenvalue weighted by atomic mass is 16.5. The lowest BCUT2D eigenvalue weighted by Crippen LogP contribution is -2.29. The lowest BCUT2D eigenvalue weighted by molar-refractivity contribution is 0.0937. The number of carbonyl (C=O) groups excluding carboxylic acids is 1. The van der Waals surface area contributed by atoms with Crippen LogP contribution in [0, 0.1) is 20.8 Å². The van der Waals surface area contributed by atoms with E-state index in [1.165, 1.54) is 11.1 Å². The summed E-state index contributed by atoms with van der Waals surface area (Å²) in [5, 5.41) is 12.1.